The van der Waals surface area contributed by atoms with Gasteiger partial charge in [-0.1, -0.05) is 72.3 Å². The number of imidazole rings is 1. The van der Waals surface area contributed by atoms with Crippen molar-refractivity contribution >= 4 is 23.2 Å². The average Bonchev–Trinajstić information content (AvgIpc) is 3.35. The molecule has 196 valence electrons. The molecule has 0 atom stereocenters. The van der Waals surface area contributed by atoms with E-state index in [4.69, 9.17) is 21.3 Å². The van der Waals surface area contributed by atoms with Gasteiger partial charge in [0.2, 0.25) is 0 Å². The second-order valence-electron chi connectivity index (χ2n) is 9.68. The Hall–Kier alpha value is -4.13. The summed E-state index contributed by atoms with van der Waals surface area (Å²) in [7, 11) is 0. The van der Waals surface area contributed by atoms with E-state index in [1.54, 1.807) is 24.3 Å². The summed E-state index contributed by atoms with van der Waals surface area (Å²) in [5, 5.41) is 0.641. The molecule has 0 saturated carbocycles. The van der Waals surface area contributed by atoms with E-state index in [1.165, 1.54) is 5.56 Å². The third-order valence-electron chi connectivity index (χ3n) is 7.15. The minimum Gasteiger partial charge on any atom is -0.484 e. The molecule has 0 aliphatic carbocycles. The summed E-state index contributed by atoms with van der Waals surface area (Å²) >= 11 is 5.93. The monoisotopic (exact) mass is 536 g/mol. The van der Waals surface area contributed by atoms with Gasteiger partial charge in [0.25, 0.3) is 5.91 Å². The highest BCUT2D eigenvalue weighted by Crippen LogP contribution is 2.28. The summed E-state index contributed by atoms with van der Waals surface area (Å²) in [6, 6.07) is 32.1. The Bertz CT molecular complexity index is 1560. The highest BCUT2D eigenvalue weighted by Gasteiger charge is 2.24. The van der Waals surface area contributed by atoms with Gasteiger partial charge in [0.1, 0.15) is 11.4 Å². The molecule has 7 heteroatoms. The zero-order valence-corrected chi connectivity index (χ0v) is 22.3. The van der Waals surface area contributed by atoms with Gasteiger partial charge in [-0.2, -0.15) is 0 Å². The maximum atomic E-state index is 12.8. The topological polar surface area (TPSA) is 50.1 Å². The van der Waals surface area contributed by atoms with Crippen molar-refractivity contribution in [2.24, 2.45) is 0 Å². The van der Waals surface area contributed by atoms with Crippen molar-refractivity contribution in [3.63, 3.8) is 0 Å². The van der Waals surface area contributed by atoms with Crippen molar-refractivity contribution < 1.29 is 9.53 Å². The largest absolute Gasteiger partial charge is 0.484 e. The molecule has 6 rings (SSSR count). The average molecular weight is 537 g/mol. The van der Waals surface area contributed by atoms with Crippen LogP contribution in [0, 0.1) is 0 Å². The fourth-order valence-corrected chi connectivity index (χ4v) is 5.13. The lowest BCUT2D eigenvalue weighted by molar-refractivity contribution is -0.135. The Morgan fingerprint density at radius 2 is 1.44 bits per heavy atom. The molecular formula is C32H29ClN4O2. The molecule has 0 radical (unpaired) electrons. The summed E-state index contributed by atoms with van der Waals surface area (Å²) in [5.41, 5.74) is 6.50. The second-order valence-corrected chi connectivity index (χ2v) is 10.1. The Kier molecular flexibility index (Phi) is 7.30. The van der Waals surface area contributed by atoms with Crippen molar-refractivity contribution in [3.8, 4) is 28.1 Å². The molecule has 6 nitrogen and oxygen atoms in total. The molecule has 1 aliphatic rings. The van der Waals surface area contributed by atoms with Crippen LogP contribution in [-0.4, -0.2) is 57.9 Å². The number of carbonyl (C=O) groups is 1. The standard InChI is InChI=1S/C32H29ClN4O2/c33-27-12-14-28(15-13-27)39-23-31(38)36-19-17-35(18-20-36)22-29-32(25-9-5-2-6-10-25)34-30-16-11-26(21-37(29)30)24-7-3-1-4-8-24/h1-16,21H,17-20,22-23H2. The normalized spacial score (nSPS) is 14.0. The van der Waals surface area contributed by atoms with Gasteiger partial charge in [0, 0.05) is 49.5 Å². The highest BCUT2D eigenvalue weighted by molar-refractivity contribution is 6.30. The van der Waals surface area contributed by atoms with Crippen LogP contribution >= 0.6 is 11.6 Å². The number of amides is 1. The van der Waals surface area contributed by atoms with Gasteiger partial charge >= 0.3 is 0 Å². The quantitative estimate of drug-likeness (QED) is 0.254. The van der Waals surface area contributed by atoms with Gasteiger partial charge in [-0.25, -0.2) is 4.98 Å². The molecule has 0 bridgehead atoms. The minimum atomic E-state index is -0.00289. The number of halogens is 1. The molecule has 1 aliphatic heterocycles. The van der Waals surface area contributed by atoms with E-state index in [2.05, 4.69) is 76.2 Å². The first kappa shape index (κ1) is 25.2. The van der Waals surface area contributed by atoms with Crippen LogP contribution in [0.4, 0.5) is 0 Å². The Morgan fingerprint density at radius 1 is 0.769 bits per heavy atom. The molecule has 0 N–H and O–H groups in total. The first-order valence-electron chi connectivity index (χ1n) is 13.1. The van der Waals surface area contributed by atoms with E-state index in [9.17, 15) is 4.79 Å². The van der Waals surface area contributed by atoms with Gasteiger partial charge < -0.3 is 14.0 Å². The van der Waals surface area contributed by atoms with E-state index in [-0.39, 0.29) is 12.5 Å². The molecule has 3 heterocycles. The molecule has 5 aromatic rings. The lowest BCUT2D eigenvalue weighted by atomic mass is 10.1. The van der Waals surface area contributed by atoms with Crippen molar-refractivity contribution in [1.29, 1.82) is 0 Å². The number of piperazine rings is 1. The SMILES string of the molecule is O=C(COc1ccc(Cl)cc1)N1CCN(Cc2c(-c3ccccc3)nc3ccc(-c4ccccc4)cn23)CC1. The molecule has 39 heavy (non-hydrogen) atoms. The van der Waals surface area contributed by atoms with Gasteiger partial charge in [-0.05, 0) is 47.5 Å². The van der Waals surface area contributed by atoms with E-state index in [0.717, 1.165) is 47.8 Å². The molecule has 1 fully saturated rings. The Labute approximate surface area is 233 Å². The van der Waals surface area contributed by atoms with Crippen LogP contribution in [0.1, 0.15) is 5.69 Å². The van der Waals surface area contributed by atoms with Gasteiger partial charge in [0.05, 0.1) is 11.4 Å². The predicted molar refractivity (Wildman–Crippen MR) is 155 cm³/mol. The first-order chi connectivity index (χ1) is 19.1. The molecule has 1 amide bonds. The number of hydrogen-bond acceptors (Lipinski definition) is 4. The minimum absolute atomic E-state index is 0.00289. The third-order valence-corrected chi connectivity index (χ3v) is 7.40. The van der Waals surface area contributed by atoms with E-state index < -0.39 is 0 Å². The number of carbonyl (C=O) groups excluding carboxylic acids is 1. The molecule has 0 spiro atoms. The van der Waals surface area contributed by atoms with Crippen LogP contribution in [0.25, 0.3) is 28.0 Å². The Balaban J connectivity index is 1.19. The molecule has 0 unspecified atom stereocenters. The summed E-state index contributed by atoms with van der Waals surface area (Å²) in [4.78, 5) is 22.1. The highest BCUT2D eigenvalue weighted by atomic mass is 35.5. The lowest BCUT2D eigenvalue weighted by Crippen LogP contribution is -2.49. The van der Waals surface area contributed by atoms with E-state index >= 15 is 0 Å². The summed E-state index contributed by atoms with van der Waals surface area (Å²) < 4.78 is 7.90. The van der Waals surface area contributed by atoms with Crippen molar-refractivity contribution in [2.45, 2.75) is 6.54 Å². The van der Waals surface area contributed by atoms with E-state index in [0.29, 0.717) is 23.9 Å². The number of benzene rings is 3. The van der Waals surface area contributed by atoms with Crippen LogP contribution in [0.2, 0.25) is 5.02 Å². The number of pyridine rings is 1. The first-order valence-corrected chi connectivity index (χ1v) is 13.5. The van der Waals surface area contributed by atoms with Gasteiger partial charge in [-0.3, -0.25) is 9.69 Å². The maximum absolute atomic E-state index is 12.8. The van der Waals surface area contributed by atoms with Gasteiger partial charge in [0.15, 0.2) is 6.61 Å². The van der Waals surface area contributed by atoms with E-state index in [1.807, 2.05) is 17.0 Å². The molecular weight excluding hydrogens is 508 g/mol. The number of fused-ring (bicyclic) bond motifs is 1. The van der Waals surface area contributed by atoms with Crippen molar-refractivity contribution in [3.05, 3.63) is 114 Å². The fourth-order valence-electron chi connectivity index (χ4n) is 5.01. The summed E-state index contributed by atoms with van der Waals surface area (Å²) in [6.45, 7) is 3.66. The van der Waals surface area contributed by atoms with Crippen molar-refractivity contribution in [2.75, 3.05) is 32.8 Å². The molecule has 3 aromatic carbocycles. The maximum Gasteiger partial charge on any atom is 0.260 e. The number of nitrogens with zero attached hydrogens (tertiary/aromatic N) is 4. The number of ether oxygens (including phenoxy) is 1. The van der Waals surface area contributed by atoms with Crippen LogP contribution in [0.15, 0.2) is 103 Å². The van der Waals surface area contributed by atoms with Crippen LogP contribution in [0.5, 0.6) is 5.75 Å². The smallest absolute Gasteiger partial charge is 0.260 e. The fraction of sp³-hybridized carbons (Fsp3) is 0.188. The number of aromatic nitrogens is 2. The van der Waals surface area contributed by atoms with Gasteiger partial charge in [-0.15, -0.1) is 0 Å². The summed E-state index contributed by atoms with van der Waals surface area (Å²) in [5.74, 6) is 0.638. The second kappa shape index (κ2) is 11.3. The molecule has 1 saturated heterocycles. The zero-order chi connectivity index (χ0) is 26.6. The van der Waals surface area contributed by atoms with Crippen LogP contribution < -0.4 is 4.74 Å². The lowest BCUT2D eigenvalue weighted by Gasteiger charge is -2.34. The Morgan fingerprint density at radius 3 is 2.13 bits per heavy atom. The number of rotatable bonds is 7. The third kappa shape index (κ3) is 5.67. The van der Waals surface area contributed by atoms with Crippen molar-refractivity contribution in [1.82, 2.24) is 19.2 Å². The molecule has 2 aromatic heterocycles. The van der Waals surface area contributed by atoms with Crippen LogP contribution in [0.3, 0.4) is 0 Å². The summed E-state index contributed by atoms with van der Waals surface area (Å²) in [6.07, 6.45) is 2.19. The zero-order valence-electron chi connectivity index (χ0n) is 21.5. The number of hydrogen-bond donors (Lipinski definition) is 0. The predicted octanol–water partition coefficient (Wildman–Crippen LogP) is 6.04. The van der Waals surface area contributed by atoms with Crippen LogP contribution in [-0.2, 0) is 11.3 Å².